The van der Waals surface area contributed by atoms with Crippen molar-refractivity contribution in [3.63, 3.8) is 0 Å². The van der Waals surface area contributed by atoms with E-state index >= 15 is 0 Å². The largest absolute Gasteiger partial charge is 0.506 e. The van der Waals surface area contributed by atoms with Crippen LogP contribution in [0.5, 0.6) is 17.4 Å². The number of rotatable bonds is 11. The highest BCUT2D eigenvalue weighted by Crippen LogP contribution is 2.28. The summed E-state index contributed by atoms with van der Waals surface area (Å²) < 4.78 is 30.8. The SMILES string of the molecule is CS(=O)(=O)Nc1cc([C@@H](O)CNC(CO)Cc2ccc(Oc3ccccn3)cc2)ccc1O. The Bertz CT molecular complexity index is 1140. The average molecular weight is 474 g/mol. The molecule has 3 rings (SSSR count). The van der Waals surface area contributed by atoms with Crippen molar-refractivity contribution >= 4 is 15.7 Å². The molecule has 0 spiro atoms. The predicted octanol–water partition coefficient (Wildman–Crippen LogP) is 2.18. The second-order valence-electron chi connectivity index (χ2n) is 7.57. The van der Waals surface area contributed by atoms with Gasteiger partial charge in [0.25, 0.3) is 0 Å². The van der Waals surface area contributed by atoms with E-state index in [2.05, 4.69) is 15.0 Å². The van der Waals surface area contributed by atoms with E-state index in [1.54, 1.807) is 12.3 Å². The summed E-state index contributed by atoms with van der Waals surface area (Å²) in [5.41, 5.74) is 1.37. The molecule has 0 saturated carbocycles. The van der Waals surface area contributed by atoms with Gasteiger partial charge in [-0.1, -0.05) is 24.3 Å². The molecule has 0 aliphatic carbocycles. The van der Waals surface area contributed by atoms with E-state index in [1.165, 1.54) is 18.2 Å². The Morgan fingerprint density at radius 3 is 2.48 bits per heavy atom. The van der Waals surface area contributed by atoms with Crippen molar-refractivity contribution in [2.24, 2.45) is 0 Å². The summed E-state index contributed by atoms with van der Waals surface area (Å²) in [4.78, 5) is 4.11. The van der Waals surface area contributed by atoms with Crippen molar-refractivity contribution in [3.8, 4) is 17.4 Å². The van der Waals surface area contributed by atoms with Gasteiger partial charge >= 0.3 is 0 Å². The maximum atomic E-state index is 11.4. The van der Waals surface area contributed by atoms with Crippen molar-refractivity contribution in [1.29, 1.82) is 0 Å². The Balaban J connectivity index is 1.56. The lowest BCUT2D eigenvalue weighted by molar-refractivity contribution is 0.158. The quantitative estimate of drug-likeness (QED) is 0.267. The summed E-state index contributed by atoms with van der Waals surface area (Å²) in [5.74, 6) is 0.901. The van der Waals surface area contributed by atoms with Gasteiger partial charge in [0.1, 0.15) is 11.5 Å². The Hall–Kier alpha value is -3.18. The number of aliphatic hydroxyl groups is 2. The molecule has 0 amide bonds. The first-order valence-electron chi connectivity index (χ1n) is 10.2. The van der Waals surface area contributed by atoms with E-state index in [1.807, 2.05) is 36.4 Å². The zero-order valence-electron chi connectivity index (χ0n) is 18.0. The molecule has 0 fully saturated rings. The molecule has 2 aromatic carbocycles. The Labute approximate surface area is 192 Å². The van der Waals surface area contributed by atoms with Crippen LogP contribution in [0.15, 0.2) is 66.9 Å². The number of anilines is 1. The molecular formula is C23H27N3O6S. The lowest BCUT2D eigenvalue weighted by Gasteiger charge is -2.20. The lowest BCUT2D eigenvalue weighted by Crippen LogP contribution is -2.37. The summed E-state index contributed by atoms with van der Waals surface area (Å²) in [6.45, 7) is -0.0233. The second-order valence-corrected chi connectivity index (χ2v) is 9.32. The Kier molecular flexibility index (Phi) is 8.23. The van der Waals surface area contributed by atoms with Gasteiger partial charge in [0.2, 0.25) is 15.9 Å². The lowest BCUT2D eigenvalue weighted by atomic mass is 10.0. The number of aliphatic hydroxyl groups excluding tert-OH is 2. The van der Waals surface area contributed by atoms with E-state index in [-0.39, 0.29) is 30.6 Å². The van der Waals surface area contributed by atoms with E-state index in [0.717, 1.165) is 11.8 Å². The molecule has 5 N–H and O–H groups in total. The van der Waals surface area contributed by atoms with E-state index in [4.69, 9.17) is 4.74 Å². The molecule has 0 aliphatic heterocycles. The first-order valence-corrected chi connectivity index (χ1v) is 12.1. The molecule has 0 radical (unpaired) electrons. The first-order chi connectivity index (χ1) is 15.7. The molecule has 0 bridgehead atoms. The molecule has 176 valence electrons. The fourth-order valence-corrected chi connectivity index (χ4v) is 3.71. The number of pyridine rings is 1. The number of phenols is 1. The monoisotopic (exact) mass is 473 g/mol. The molecule has 1 aromatic heterocycles. The normalized spacial score (nSPS) is 13.3. The van der Waals surface area contributed by atoms with Gasteiger partial charge in [-0.05, 0) is 47.9 Å². The smallest absolute Gasteiger partial charge is 0.229 e. The van der Waals surface area contributed by atoms with Gasteiger partial charge in [0.05, 0.1) is 24.7 Å². The van der Waals surface area contributed by atoms with E-state index in [0.29, 0.717) is 23.6 Å². The van der Waals surface area contributed by atoms with E-state index in [9.17, 15) is 23.7 Å². The summed E-state index contributed by atoms with van der Waals surface area (Å²) in [6.07, 6.45) is 2.16. The Morgan fingerprint density at radius 2 is 1.85 bits per heavy atom. The maximum Gasteiger partial charge on any atom is 0.229 e. The zero-order chi connectivity index (χ0) is 23.8. The number of aromatic hydroxyl groups is 1. The molecule has 3 aromatic rings. The number of aromatic nitrogens is 1. The number of nitrogens with zero attached hydrogens (tertiary/aromatic N) is 1. The molecule has 33 heavy (non-hydrogen) atoms. The van der Waals surface area contributed by atoms with Gasteiger partial charge in [-0.2, -0.15) is 0 Å². The first kappa shape index (κ1) is 24.5. The average Bonchev–Trinajstić information content (AvgIpc) is 2.79. The molecule has 1 unspecified atom stereocenters. The topological polar surface area (TPSA) is 141 Å². The number of hydrogen-bond donors (Lipinski definition) is 5. The maximum absolute atomic E-state index is 11.4. The zero-order valence-corrected chi connectivity index (χ0v) is 18.9. The minimum Gasteiger partial charge on any atom is -0.506 e. The third-order valence-corrected chi connectivity index (χ3v) is 5.38. The summed E-state index contributed by atoms with van der Waals surface area (Å²) in [7, 11) is -3.58. The van der Waals surface area contributed by atoms with E-state index < -0.39 is 16.1 Å². The molecule has 0 aliphatic rings. The van der Waals surface area contributed by atoms with Crippen LogP contribution in [-0.4, -0.2) is 54.2 Å². The van der Waals surface area contributed by atoms with Crippen LogP contribution in [0.25, 0.3) is 0 Å². The van der Waals surface area contributed by atoms with Gasteiger partial charge in [0, 0.05) is 24.8 Å². The summed E-state index contributed by atoms with van der Waals surface area (Å²) >= 11 is 0. The number of hydrogen-bond acceptors (Lipinski definition) is 8. The second kappa shape index (κ2) is 11.1. The van der Waals surface area contributed by atoms with Crippen LogP contribution in [0.4, 0.5) is 5.69 Å². The fourth-order valence-electron chi connectivity index (χ4n) is 3.15. The number of phenolic OH excluding ortho intramolecular Hbond substituents is 1. The van der Waals surface area contributed by atoms with Crippen LogP contribution in [0.1, 0.15) is 17.2 Å². The molecule has 10 heteroatoms. The van der Waals surface area contributed by atoms with Crippen molar-refractivity contribution < 1.29 is 28.5 Å². The molecule has 0 saturated heterocycles. The summed E-state index contributed by atoms with van der Waals surface area (Å²) in [6, 6.07) is 16.7. The third-order valence-electron chi connectivity index (χ3n) is 4.79. The molecule has 2 atom stereocenters. The van der Waals surface area contributed by atoms with Crippen LogP contribution in [-0.2, 0) is 16.4 Å². The van der Waals surface area contributed by atoms with Crippen LogP contribution in [0.3, 0.4) is 0 Å². The highest BCUT2D eigenvalue weighted by Gasteiger charge is 2.15. The van der Waals surface area contributed by atoms with Gasteiger partial charge in [-0.15, -0.1) is 0 Å². The van der Waals surface area contributed by atoms with Crippen LogP contribution in [0, 0.1) is 0 Å². The molecular weight excluding hydrogens is 446 g/mol. The standard InChI is InChI=1S/C23H27N3O6S/c1-33(30,31)26-20-13-17(7-10-21(20)28)22(29)14-25-18(15-27)12-16-5-8-19(9-6-16)32-23-4-2-3-11-24-23/h2-11,13,18,22,25-29H,12,14-15H2,1H3/t18?,22-/m0/s1. The minimum absolute atomic E-state index is 0.0132. The molecule has 1 heterocycles. The third kappa shape index (κ3) is 7.72. The van der Waals surface area contributed by atoms with Crippen molar-refractivity contribution in [1.82, 2.24) is 10.3 Å². The van der Waals surface area contributed by atoms with Crippen LogP contribution < -0.4 is 14.8 Å². The minimum atomic E-state index is -3.58. The number of benzene rings is 2. The van der Waals surface area contributed by atoms with Crippen LogP contribution in [0.2, 0.25) is 0 Å². The number of ether oxygens (including phenoxy) is 1. The predicted molar refractivity (Wildman–Crippen MR) is 125 cm³/mol. The highest BCUT2D eigenvalue weighted by molar-refractivity contribution is 7.92. The number of sulfonamides is 1. The van der Waals surface area contributed by atoms with Gasteiger partial charge in [-0.3, -0.25) is 4.72 Å². The van der Waals surface area contributed by atoms with Crippen molar-refractivity contribution in [2.75, 3.05) is 24.1 Å². The van der Waals surface area contributed by atoms with Gasteiger partial charge in [-0.25, -0.2) is 13.4 Å². The van der Waals surface area contributed by atoms with Crippen LogP contribution >= 0.6 is 0 Å². The Morgan fingerprint density at radius 1 is 1.09 bits per heavy atom. The van der Waals surface area contributed by atoms with Crippen molar-refractivity contribution in [2.45, 2.75) is 18.6 Å². The summed E-state index contributed by atoms with van der Waals surface area (Å²) in [5, 5.41) is 33.2. The molecule has 9 nitrogen and oxygen atoms in total. The number of nitrogens with one attached hydrogen (secondary N) is 2. The van der Waals surface area contributed by atoms with Gasteiger partial charge in [0.15, 0.2) is 0 Å². The highest BCUT2D eigenvalue weighted by atomic mass is 32.2. The van der Waals surface area contributed by atoms with Gasteiger partial charge < -0.3 is 25.4 Å². The van der Waals surface area contributed by atoms with Crippen molar-refractivity contribution in [3.05, 3.63) is 78.0 Å². The fraction of sp³-hybridized carbons (Fsp3) is 0.261.